The van der Waals surface area contributed by atoms with E-state index in [-0.39, 0.29) is 36.6 Å². The van der Waals surface area contributed by atoms with Crippen molar-refractivity contribution in [3.05, 3.63) is 48.3 Å². The van der Waals surface area contributed by atoms with Gasteiger partial charge in [-0.05, 0) is 37.1 Å². The molecule has 1 aromatic carbocycles. The second-order valence-corrected chi connectivity index (χ2v) is 6.78. The molecule has 1 fully saturated rings. The van der Waals surface area contributed by atoms with Gasteiger partial charge in [0.05, 0.1) is 23.9 Å². The van der Waals surface area contributed by atoms with Crippen LogP contribution in [-0.4, -0.2) is 29.4 Å². The lowest BCUT2D eigenvalue weighted by molar-refractivity contribution is -0.122. The second-order valence-electron chi connectivity index (χ2n) is 6.78. The Labute approximate surface area is 182 Å². The second kappa shape index (κ2) is 11.0. The number of hydrogen-bond acceptors (Lipinski definition) is 5. The number of aromatic nitrogens is 1. The van der Waals surface area contributed by atoms with E-state index in [9.17, 15) is 9.59 Å². The van der Waals surface area contributed by atoms with E-state index in [4.69, 9.17) is 10.5 Å². The van der Waals surface area contributed by atoms with Gasteiger partial charge in [0.25, 0.3) is 5.91 Å². The fourth-order valence-corrected chi connectivity index (χ4v) is 3.23. The quantitative estimate of drug-likeness (QED) is 0.655. The van der Waals surface area contributed by atoms with Gasteiger partial charge in [-0.15, -0.1) is 24.8 Å². The van der Waals surface area contributed by atoms with Crippen molar-refractivity contribution in [3.8, 4) is 5.75 Å². The molecule has 0 aliphatic heterocycles. The lowest BCUT2D eigenvalue weighted by atomic mass is 9.82. The highest BCUT2D eigenvalue weighted by atomic mass is 35.5. The van der Waals surface area contributed by atoms with Gasteiger partial charge in [-0.2, -0.15) is 0 Å². The van der Waals surface area contributed by atoms with Gasteiger partial charge in [-0.1, -0.05) is 19.3 Å². The molecule has 9 heteroatoms. The summed E-state index contributed by atoms with van der Waals surface area (Å²) < 4.78 is 5.36. The molecule has 0 atom stereocenters. The number of ether oxygens (including phenoxy) is 1. The fourth-order valence-electron chi connectivity index (χ4n) is 3.23. The van der Waals surface area contributed by atoms with E-state index >= 15 is 0 Å². The Balaban J connectivity index is 0.00000210. The Hall–Kier alpha value is -2.35. The van der Waals surface area contributed by atoms with E-state index in [1.807, 2.05) is 0 Å². The predicted octanol–water partition coefficient (Wildman–Crippen LogP) is 3.79. The lowest BCUT2D eigenvalue weighted by Crippen LogP contribution is -2.52. The normalized spacial score (nSPS) is 14.6. The van der Waals surface area contributed by atoms with Crippen molar-refractivity contribution in [1.29, 1.82) is 0 Å². The molecule has 2 aromatic rings. The highest BCUT2D eigenvalue weighted by Gasteiger charge is 2.35. The zero-order chi connectivity index (χ0) is 19.3. The van der Waals surface area contributed by atoms with Gasteiger partial charge in [0, 0.05) is 24.1 Å². The number of halogens is 2. The van der Waals surface area contributed by atoms with Gasteiger partial charge < -0.3 is 21.1 Å². The Morgan fingerprint density at radius 3 is 2.45 bits per heavy atom. The van der Waals surface area contributed by atoms with Crippen molar-refractivity contribution >= 4 is 48.0 Å². The summed E-state index contributed by atoms with van der Waals surface area (Å²) in [6.07, 6.45) is 7.52. The molecule has 1 heterocycles. The number of nitrogens with one attached hydrogen (secondary N) is 2. The third-order valence-corrected chi connectivity index (χ3v) is 4.83. The third-order valence-electron chi connectivity index (χ3n) is 4.83. The number of rotatable bonds is 5. The average Bonchev–Trinajstić information content (AvgIpc) is 2.70. The molecule has 3 rings (SSSR count). The van der Waals surface area contributed by atoms with Gasteiger partial charge in [0.2, 0.25) is 5.91 Å². The summed E-state index contributed by atoms with van der Waals surface area (Å²) in [5.41, 5.74) is 6.98. The van der Waals surface area contributed by atoms with E-state index in [1.54, 1.807) is 36.5 Å². The maximum Gasteiger partial charge on any atom is 0.257 e. The van der Waals surface area contributed by atoms with Crippen molar-refractivity contribution in [2.45, 2.75) is 37.6 Å². The number of hydrogen-bond donors (Lipinski definition) is 3. The van der Waals surface area contributed by atoms with Crippen molar-refractivity contribution in [1.82, 2.24) is 4.98 Å². The number of carbonyl (C=O) groups is 2. The topological polar surface area (TPSA) is 106 Å². The van der Waals surface area contributed by atoms with Crippen LogP contribution < -0.4 is 21.1 Å². The fraction of sp³-hybridized carbons (Fsp3) is 0.350. The number of nitrogens with zero attached hydrogens (tertiary/aromatic N) is 1. The van der Waals surface area contributed by atoms with Crippen LogP contribution >= 0.6 is 24.8 Å². The first kappa shape index (κ1) is 24.7. The van der Waals surface area contributed by atoms with E-state index in [0.29, 0.717) is 35.5 Å². The highest BCUT2D eigenvalue weighted by Crippen LogP contribution is 2.31. The monoisotopic (exact) mass is 440 g/mol. The van der Waals surface area contributed by atoms with E-state index in [2.05, 4.69) is 15.6 Å². The summed E-state index contributed by atoms with van der Waals surface area (Å²) in [6.45, 7) is 0. The first-order valence-corrected chi connectivity index (χ1v) is 9.01. The van der Waals surface area contributed by atoms with Crippen LogP contribution in [0, 0.1) is 0 Å². The number of nitrogens with two attached hydrogens (primary N) is 1. The molecule has 1 aliphatic carbocycles. The van der Waals surface area contributed by atoms with Crippen LogP contribution in [0.5, 0.6) is 5.75 Å². The zero-order valence-electron chi connectivity index (χ0n) is 16.1. The summed E-state index contributed by atoms with van der Waals surface area (Å²) in [7, 11) is 1.51. The molecule has 0 spiro atoms. The van der Waals surface area contributed by atoms with E-state index in [0.717, 1.165) is 19.3 Å². The minimum Gasteiger partial charge on any atom is -0.494 e. The van der Waals surface area contributed by atoms with Gasteiger partial charge in [-0.25, -0.2) is 0 Å². The largest absolute Gasteiger partial charge is 0.494 e. The minimum atomic E-state index is -0.821. The molecule has 2 amide bonds. The number of benzene rings is 1. The molecule has 0 radical (unpaired) electrons. The van der Waals surface area contributed by atoms with Crippen molar-refractivity contribution in [3.63, 3.8) is 0 Å². The summed E-state index contributed by atoms with van der Waals surface area (Å²) in [5, 5.41) is 5.66. The summed E-state index contributed by atoms with van der Waals surface area (Å²) in [6, 6.07) is 8.44. The molecule has 0 unspecified atom stereocenters. The van der Waals surface area contributed by atoms with Crippen LogP contribution in [0.3, 0.4) is 0 Å². The zero-order valence-corrected chi connectivity index (χ0v) is 17.8. The van der Waals surface area contributed by atoms with Gasteiger partial charge in [0.15, 0.2) is 0 Å². The Morgan fingerprint density at radius 2 is 1.83 bits per heavy atom. The van der Waals surface area contributed by atoms with Crippen molar-refractivity contribution in [2.75, 3.05) is 17.7 Å². The number of pyridine rings is 1. The van der Waals surface area contributed by atoms with Crippen LogP contribution in [0.2, 0.25) is 0 Å². The number of anilines is 2. The van der Waals surface area contributed by atoms with Crippen LogP contribution in [0.1, 0.15) is 42.5 Å². The summed E-state index contributed by atoms with van der Waals surface area (Å²) in [5.74, 6) is -0.0301. The van der Waals surface area contributed by atoms with Crippen molar-refractivity contribution < 1.29 is 14.3 Å². The highest BCUT2D eigenvalue weighted by molar-refractivity contribution is 6.05. The molecule has 0 saturated heterocycles. The van der Waals surface area contributed by atoms with Crippen LogP contribution in [0.25, 0.3) is 0 Å². The van der Waals surface area contributed by atoms with E-state index < -0.39 is 5.54 Å². The molecule has 1 aliphatic rings. The van der Waals surface area contributed by atoms with E-state index in [1.165, 1.54) is 13.3 Å². The molecular formula is C20H26Cl2N4O3. The molecule has 4 N–H and O–H groups in total. The van der Waals surface area contributed by atoms with Gasteiger partial charge in [-0.3, -0.25) is 14.6 Å². The predicted molar refractivity (Wildman–Crippen MR) is 118 cm³/mol. The Morgan fingerprint density at radius 1 is 1.10 bits per heavy atom. The van der Waals surface area contributed by atoms with Crippen LogP contribution in [0.15, 0.2) is 42.7 Å². The van der Waals surface area contributed by atoms with Crippen molar-refractivity contribution in [2.24, 2.45) is 5.73 Å². The van der Waals surface area contributed by atoms with Crippen LogP contribution in [-0.2, 0) is 4.79 Å². The Kier molecular flexibility index (Phi) is 9.36. The van der Waals surface area contributed by atoms with Crippen LogP contribution in [0.4, 0.5) is 11.4 Å². The summed E-state index contributed by atoms with van der Waals surface area (Å²) in [4.78, 5) is 28.8. The molecular weight excluding hydrogens is 415 g/mol. The average molecular weight is 441 g/mol. The number of methoxy groups -OCH3 is 1. The SMILES string of the molecule is COc1cc(NC(=O)C2(N)CCCCC2)ccc1NC(=O)c1cccnc1.Cl.Cl. The summed E-state index contributed by atoms with van der Waals surface area (Å²) >= 11 is 0. The standard InChI is InChI=1S/C20H24N4O3.2ClH/c1-27-17-12-15(23-19(26)20(21)9-3-2-4-10-20)7-8-16(17)24-18(25)14-6-5-11-22-13-14;;/h5-8,11-13H,2-4,9-10,21H2,1H3,(H,23,26)(H,24,25);2*1H. The molecule has 7 nitrogen and oxygen atoms in total. The molecule has 0 bridgehead atoms. The first-order valence-electron chi connectivity index (χ1n) is 9.01. The Bertz CT molecular complexity index is 828. The molecule has 158 valence electrons. The third kappa shape index (κ3) is 6.06. The smallest absolute Gasteiger partial charge is 0.257 e. The first-order chi connectivity index (χ1) is 13.0. The van der Waals surface area contributed by atoms with Gasteiger partial charge in [0.1, 0.15) is 5.75 Å². The number of carbonyl (C=O) groups excluding carboxylic acids is 2. The molecule has 1 aromatic heterocycles. The lowest BCUT2D eigenvalue weighted by Gasteiger charge is -2.31. The molecule has 1 saturated carbocycles. The molecule has 29 heavy (non-hydrogen) atoms. The number of amides is 2. The van der Waals surface area contributed by atoms with Gasteiger partial charge >= 0.3 is 0 Å². The maximum atomic E-state index is 12.6. The minimum absolute atomic E-state index is 0. The maximum absolute atomic E-state index is 12.6.